The van der Waals surface area contributed by atoms with Gasteiger partial charge in [0.2, 0.25) is 0 Å². The molecule has 0 spiro atoms. The summed E-state index contributed by atoms with van der Waals surface area (Å²) in [5, 5.41) is 2.63. The molecule has 2 aromatic carbocycles. The minimum atomic E-state index is -0.874. The van der Waals surface area contributed by atoms with Crippen molar-refractivity contribution < 1.29 is 13.6 Å². The van der Waals surface area contributed by atoms with Gasteiger partial charge in [-0.2, -0.15) is 0 Å². The molecule has 1 heterocycles. The highest BCUT2D eigenvalue weighted by Gasteiger charge is 2.15. The molecule has 1 fully saturated rings. The van der Waals surface area contributed by atoms with Gasteiger partial charge in [-0.3, -0.25) is 4.79 Å². The third kappa shape index (κ3) is 3.71. The van der Waals surface area contributed by atoms with Gasteiger partial charge in [0.05, 0.1) is 5.56 Å². The first-order chi connectivity index (χ1) is 11.5. The molecule has 2 aromatic rings. The van der Waals surface area contributed by atoms with Crippen molar-refractivity contribution >= 4 is 17.3 Å². The number of nitrogens with one attached hydrogen (secondary N) is 1. The molecule has 0 aliphatic carbocycles. The normalized spacial score (nSPS) is 15.4. The molecule has 1 N–H and O–H groups in total. The zero-order valence-electron chi connectivity index (χ0n) is 13.4. The summed E-state index contributed by atoms with van der Waals surface area (Å²) in [5.41, 5.74) is 1.48. The van der Waals surface area contributed by atoms with Crippen LogP contribution in [0.2, 0.25) is 0 Å². The van der Waals surface area contributed by atoms with Crippen molar-refractivity contribution in [3.63, 3.8) is 0 Å². The maximum atomic E-state index is 13.6. The first-order valence-electron chi connectivity index (χ1n) is 7.83. The van der Waals surface area contributed by atoms with E-state index < -0.39 is 17.5 Å². The average Bonchev–Trinajstić information content (AvgIpc) is 2.56. The van der Waals surface area contributed by atoms with Crippen molar-refractivity contribution in [2.24, 2.45) is 0 Å². The molecule has 3 rings (SSSR count). The van der Waals surface area contributed by atoms with E-state index in [-0.39, 0.29) is 5.56 Å². The Bertz CT molecular complexity index is 726. The topological polar surface area (TPSA) is 35.6 Å². The summed E-state index contributed by atoms with van der Waals surface area (Å²) >= 11 is 0. The Morgan fingerprint density at radius 1 is 1.00 bits per heavy atom. The molecule has 1 amide bonds. The van der Waals surface area contributed by atoms with E-state index in [2.05, 4.69) is 22.2 Å². The number of halogens is 2. The van der Waals surface area contributed by atoms with Gasteiger partial charge in [0.1, 0.15) is 11.6 Å². The van der Waals surface area contributed by atoms with Gasteiger partial charge < -0.3 is 15.1 Å². The Morgan fingerprint density at radius 3 is 2.29 bits per heavy atom. The fourth-order valence-corrected chi connectivity index (χ4v) is 2.69. The molecule has 0 unspecified atom stereocenters. The minimum Gasteiger partial charge on any atom is -0.369 e. The lowest BCUT2D eigenvalue weighted by atomic mass is 10.2. The second-order valence-corrected chi connectivity index (χ2v) is 5.92. The molecule has 0 bridgehead atoms. The van der Waals surface area contributed by atoms with E-state index in [4.69, 9.17) is 0 Å². The fourth-order valence-electron chi connectivity index (χ4n) is 2.69. The first kappa shape index (κ1) is 16.4. The first-order valence-corrected chi connectivity index (χ1v) is 7.83. The van der Waals surface area contributed by atoms with Gasteiger partial charge in [0, 0.05) is 43.6 Å². The predicted octanol–water partition coefficient (Wildman–Crippen LogP) is 2.97. The van der Waals surface area contributed by atoms with Crippen molar-refractivity contribution in [3.8, 4) is 0 Å². The summed E-state index contributed by atoms with van der Waals surface area (Å²) in [6, 6.07) is 10.3. The molecular formula is C18H19F2N3O. The van der Waals surface area contributed by atoms with Crippen molar-refractivity contribution in [3.05, 3.63) is 59.7 Å². The highest BCUT2D eigenvalue weighted by molar-refractivity contribution is 6.04. The van der Waals surface area contributed by atoms with Crippen LogP contribution in [0.15, 0.2) is 42.5 Å². The number of hydrogen-bond acceptors (Lipinski definition) is 3. The predicted molar refractivity (Wildman–Crippen MR) is 90.5 cm³/mol. The Hall–Kier alpha value is -2.47. The van der Waals surface area contributed by atoms with Gasteiger partial charge >= 0.3 is 0 Å². The zero-order chi connectivity index (χ0) is 17.1. The van der Waals surface area contributed by atoms with Gasteiger partial charge in [0.15, 0.2) is 0 Å². The molecule has 0 aromatic heterocycles. The van der Waals surface area contributed by atoms with Crippen molar-refractivity contribution in [1.82, 2.24) is 4.90 Å². The van der Waals surface area contributed by atoms with E-state index in [0.717, 1.165) is 44.0 Å². The molecule has 1 saturated heterocycles. The average molecular weight is 331 g/mol. The lowest BCUT2D eigenvalue weighted by Crippen LogP contribution is -2.44. The van der Waals surface area contributed by atoms with Crippen LogP contribution in [0.25, 0.3) is 0 Å². The Morgan fingerprint density at radius 2 is 1.67 bits per heavy atom. The second-order valence-electron chi connectivity index (χ2n) is 5.92. The number of amides is 1. The Balaban J connectivity index is 1.66. The van der Waals surface area contributed by atoms with E-state index in [1.807, 2.05) is 12.1 Å². The Kier molecular flexibility index (Phi) is 4.76. The molecule has 126 valence electrons. The lowest BCUT2D eigenvalue weighted by molar-refractivity contribution is 0.102. The van der Waals surface area contributed by atoms with Crippen LogP contribution in [0.5, 0.6) is 0 Å². The maximum Gasteiger partial charge on any atom is 0.258 e. The number of carbonyl (C=O) groups is 1. The van der Waals surface area contributed by atoms with Crippen LogP contribution >= 0.6 is 0 Å². The van der Waals surface area contributed by atoms with E-state index in [1.54, 1.807) is 12.1 Å². The number of rotatable bonds is 3. The summed E-state index contributed by atoms with van der Waals surface area (Å²) in [6.45, 7) is 3.96. The van der Waals surface area contributed by atoms with Gasteiger partial charge in [-0.15, -0.1) is 0 Å². The minimum absolute atomic E-state index is 0.181. The third-order valence-electron chi connectivity index (χ3n) is 4.17. The molecule has 4 nitrogen and oxygen atoms in total. The Labute approximate surface area is 139 Å². The van der Waals surface area contributed by atoms with Crippen LogP contribution in [0.4, 0.5) is 20.2 Å². The van der Waals surface area contributed by atoms with Crippen LogP contribution in [-0.2, 0) is 0 Å². The summed E-state index contributed by atoms with van der Waals surface area (Å²) in [4.78, 5) is 16.6. The molecule has 24 heavy (non-hydrogen) atoms. The largest absolute Gasteiger partial charge is 0.369 e. The molecule has 1 aliphatic heterocycles. The van der Waals surface area contributed by atoms with Crippen molar-refractivity contribution in [1.29, 1.82) is 0 Å². The van der Waals surface area contributed by atoms with E-state index in [0.29, 0.717) is 11.8 Å². The molecule has 0 atom stereocenters. The zero-order valence-corrected chi connectivity index (χ0v) is 13.4. The monoisotopic (exact) mass is 331 g/mol. The van der Waals surface area contributed by atoms with Gasteiger partial charge in [-0.1, -0.05) is 0 Å². The smallest absolute Gasteiger partial charge is 0.258 e. The van der Waals surface area contributed by atoms with E-state index >= 15 is 0 Å². The molecule has 0 radical (unpaired) electrons. The molecule has 1 aliphatic rings. The number of benzene rings is 2. The summed E-state index contributed by atoms with van der Waals surface area (Å²) in [7, 11) is 2.10. The van der Waals surface area contributed by atoms with Gasteiger partial charge in [0.25, 0.3) is 5.91 Å². The van der Waals surface area contributed by atoms with Crippen LogP contribution in [0.3, 0.4) is 0 Å². The van der Waals surface area contributed by atoms with Crippen LogP contribution in [0, 0.1) is 11.6 Å². The summed E-state index contributed by atoms with van der Waals surface area (Å²) in [5.74, 6) is -2.18. The second kappa shape index (κ2) is 6.97. The number of anilines is 2. The van der Waals surface area contributed by atoms with E-state index in [1.165, 1.54) is 0 Å². The highest BCUT2D eigenvalue weighted by Crippen LogP contribution is 2.20. The number of carbonyl (C=O) groups excluding carboxylic acids is 1. The quantitative estimate of drug-likeness (QED) is 0.939. The van der Waals surface area contributed by atoms with Crippen molar-refractivity contribution in [2.45, 2.75) is 0 Å². The highest BCUT2D eigenvalue weighted by atomic mass is 19.1. The van der Waals surface area contributed by atoms with Crippen LogP contribution in [-0.4, -0.2) is 44.0 Å². The SMILES string of the molecule is CN1CCN(c2ccc(NC(=O)c3ccc(F)cc3F)cc2)CC1. The summed E-state index contributed by atoms with van der Waals surface area (Å²) < 4.78 is 26.5. The van der Waals surface area contributed by atoms with Crippen molar-refractivity contribution in [2.75, 3.05) is 43.4 Å². The number of likely N-dealkylation sites (N-methyl/N-ethyl adjacent to an activating group) is 1. The maximum absolute atomic E-state index is 13.6. The third-order valence-corrected chi connectivity index (χ3v) is 4.17. The summed E-state index contributed by atoms with van der Waals surface area (Å²) in [6.07, 6.45) is 0. The molecule has 0 saturated carbocycles. The van der Waals surface area contributed by atoms with Gasteiger partial charge in [-0.05, 0) is 43.4 Å². The number of hydrogen-bond donors (Lipinski definition) is 1. The standard InChI is InChI=1S/C18H19F2N3O/c1-22-8-10-23(11-9-22)15-5-3-14(4-6-15)21-18(24)16-7-2-13(19)12-17(16)20/h2-7,12H,8-11H2,1H3,(H,21,24). The van der Waals surface area contributed by atoms with E-state index in [9.17, 15) is 13.6 Å². The molecule has 6 heteroatoms. The van der Waals surface area contributed by atoms with Crippen LogP contribution in [0.1, 0.15) is 10.4 Å². The number of nitrogens with zero attached hydrogens (tertiary/aromatic N) is 2. The van der Waals surface area contributed by atoms with Crippen LogP contribution < -0.4 is 10.2 Å². The number of piperazine rings is 1. The molecular weight excluding hydrogens is 312 g/mol. The fraction of sp³-hybridized carbons (Fsp3) is 0.278. The lowest BCUT2D eigenvalue weighted by Gasteiger charge is -2.34. The van der Waals surface area contributed by atoms with Gasteiger partial charge in [-0.25, -0.2) is 8.78 Å².